The first-order valence-electron chi connectivity index (χ1n) is 7.92. The SMILES string of the molecule is O=C(NCCC1CCCC1)C1CNc2ccccc2C1. The highest BCUT2D eigenvalue weighted by Gasteiger charge is 2.24. The molecule has 2 N–H and O–H groups in total. The summed E-state index contributed by atoms with van der Waals surface area (Å²) in [5, 5.41) is 6.50. The lowest BCUT2D eigenvalue weighted by atomic mass is 9.93. The van der Waals surface area contributed by atoms with Gasteiger partial charge in [-0.15, -0.1) is 0 Å². The topological polar surface area (TPSA) is 41.1 Å². The fraction of sp³-hybridized carbons (Fsp3) is 0.588. The van der Waals surface area contributed by atoms with Gasteiger partial charge in [0, 0.05) is 18.8 Å². The van der Waals surface area contributed by atoms with Crippen molar-refractivity contribution in [2.45, 2.75) is 38.5 Å². The Morgan fingerprint density at radius 3 is 2.90 bits per heavy atom. The molecule has 1 heterocycles. The number of nitrogens with one attached hydrogen (secondary N) is 2. The summed E-state index contributed by atoms with van der Waals surface area (Å²) in [5.74, 6) is 1.14. The highest BCUT2D eigenvalue weighted by Crippen LogP contribution is 2.27. The first-order chi connectivity index (χ1) is 9.83. The van der Waals surface area contributed by atoms with Crippen LogP contribution in [0.2, 0.25) is 0 Å². The minimum absolute atomic E-state index is 0.0773. The second-order valence-corrected chi connectivity index (χ2v) is 6.17. The zero-order chi connectivity index (χ0) is 13.8. The van der Waals surface area contributed by atoms with Crippen molar-refractivity contribution in [2.75, 3.05) is 18.4 Å². The van der Waals surface area contributed by atoms with Crippen LogP contribution in [0, 0.1) is 11.8 Å². The Labute approximate surface area is 121 Å². The Morgan fingerprint density at radius 1 is 1.25 bits per heavy atom. The van der Waals surface area contributed by atoms with Crippen molar-refractivity contribution in [1.29, 1.82) is 0 Å². The molecule has 0 saturated heterocycles. The number of hydrogen-bond acceptors (Lipinski definition) is 2. The molecule has 1 amide bonds. The van der Waals surface area contributed by atoms with Gasteiger partial charge in [0.25, 0.3) is 0 Å². The molecule has 3 rings (SSSR count). The van der Waals surface area contributed by atoms with E-state index in [1.54, 1.807) is 0 Å². The minimum Gasteiger partial charge on any atom is -0.384 e. The van der Waals surface area contributed by atoms with Gasteiger partial charge in [-0.05, 0) is 30.4 Å². The molecule has 1 fully saturated rings. The summed E-state index contributed by atoms with van der Waals surface area (Å²) < 4.78 is 0. The molecule has 108 valence electrons. The molecular weight excluding hydrogens is 248 g/mol. The summed E-state index contributed by atoms with van der Waals surface area (Å²) >= 11 is 0. The zero-order valence-electron chi connectivity index (χ0n) is 12.0. The van der Waals surface area contributed by atoms with Crippen LogP contribution in [0.3, 0.4) is 0 Å². The Balaban J connectivity index is 1.46. The Kier molecular flexibility index (Phi) is 4.24. The largest absolute Gasteiger partial charge is 0.384 e. The number of para-hydroxylation sites is 1. The molecule has 1 unspecified atom stereocenters. The molecule has 1 saturated carbocycles. The fourth-order valence-electron chi connectivity index (χ4n) is 3.47. The summed E-state index contributed by atoms with van der Waals surface area (Å²) in [7, 11) is 0. The molecule has 1 aliphatic carbocycles. The predicted octanol–water partition coefficient (Wildman–Crippen LogP) is 2.97. The van der Waals surface area contributed by atoms with Gasteiger partial charge in [0.05, 0.1) is 5.92 Å². The number of carbonyl (C=O) groups is 1. The van der Waals surface area contributed by atoms with Crippen molar-refractivity contribution in [2.24, 2.45) is 11.8 Å². The van der Waals surface area contributed by atoms with Gasteiger partial charge in [-0.1, -0.05) is 43.9 Å². The standard InChI is InChI=1S/C17H24N2O/c20-17(18-10-9-13-5-1-2-6-13)15-11-14-7-3-4-8-16(14)19-12-15/h3-4,7-8,13,15,19H,1-2,5-6,9-12H2,(H,18,20). The van der Waals surface area contributed by atoms with E-state index in [2.05, 4.69) is 22.8 Å². The van der Waals surface area contributed by atoms with Gasteiger partial charge in [-0.2, -0.15) is 0 Å². The van der Waals surface area contributed by atoms with Gasteiger partial charge in [-0.25, -0.2) is 0 Å². The van der Waals surface area contributed by atoms with Gasteiger partial charge in [0.2, 0.25) is 5.91 Å². The average Bonchev–Trinajstić information content (AvgIpc) is 3.00. The lowest BCUT2D eigenvalue weighted by molar-refractivity contribution is -0.124. The molecule has 2 aliphatic rings. The van der Waals surface area contributed by atoms with Crippen LogP contribution in [0.1, 0.15) is 37.7 Å². The number of fused-ring (bicyclic) bond motifs is 1. The molecular formula is C17H24N2O. The van der Waals surface area contributed by atoms with Crippen LogP contribution in [0.15, 0.2) is 24.3 Å². The lowest BCUT2D eigenvalue weighted by Crippen LogP contribution is -2.38. The van der Waals surface area contributed by atoms with Crippen molar-refractivity contribution in [1.82, 2.24) is 5.32 Å². The maximum Gasteiger partial charge on any atom is 0.225 e. The Morgan fingerprint density at radius 2 is 2.05 bits per heavy atom. The number of benzene rings is 1. The van der Waals surface area contributed by atoms with Crippen molar-refractivity contribution >= 4 is 11.6 Å². The van der Waals surface area contributed by atoms with E-state index in [-0.39, 0.29) is 11.8 Å². The van der Waals surface area contributed by atoms with E-state index in [1.165, 1.54) is 36.9 Å². The molecule has 3 heteroatoms. The van der Waals surface area contributed by atoms with Crippen LogP contribution < -0.4 is 10.6 Å². The van der Waals surface area contributed by atoms with Crippen LogP contribution in [-0.2, 0) is 11.2 Å². The third kappa shape index (κ3) is 3.14. The van der Waals surface area contributed by atoms with Gasteiger partial charge < -0.3 is 10.6 Å². The highest BCUT2D eigenvalue weighted by molar-refractivity contribution is 5.80. The third-order valence-electron chi connectivity index (χ3n) is 4.72. The molecule has 3 nitrogen and oxygen atoms in total. The summed E-state index contributed by atoms with van der Waals surface area (Å²) in [6.07, 6.45) is 7.48. The van der Waals surface area contributed by atoms with Crippen molar-refractivity contribution in [3.05, 3.63) is 29.8 Å². The van der Waals surface area contributed by atoms with E-state index in [0.717, 1.165) is 31.8 Å². The number of anilines is 1. The Bertz CT molecular complexity index is 466. The Hall–Kier alpha value is -1.51. The number of rotatable bonds is 4. The van der Waals surface area contributed by atoms with Crippen molar-refractivity contribution < 1.29 is 4.79 Å². The predicted molar refractivity (Wildman–Crippen MR) is 81.7 cm³/mol. The monoisotopic (exact) mass is 272 g/mol. The van der Waals surface area contributed by atoms with Gasteiger partial charge in [-0.3, -0.25) is 4.79 Å². The summed E-state index contributed by atoms with van der Waals surface area (Å²) in [4.78, 5) is 12.2. The number of hydrogen-bond donors (Lipinski definition) is 2. The van der Waals surface area contributed by atoms with Gasteiger partial charge >= 0.3 is 0 Å². The average molecular weight is 272 g/mol. The molecule has 1 aromatic rings. The number of amides is 1. The highest BCUT2D eigenvalue weighted by atomic mass is 16.1. The van der Waals surface area contributed by atoms with E-state index in [1.807, 2.05) is 12.1 Å². The molecule has 0 bridgehead atoms. The van der Waals surface area contributed by atoms with Crippen LogP contribution in [0.25, 0.3) is 0 Å². The van der Waals surface area contributed by atoms with Gasteiger partial charge in [0.1, 0.15) is 0 Å². The molecule has 0 aromatic heterocycles. The summed E-state index contributed by atoms with van der Waals surface area (Å²) in [5.41, 5.74) is 2.44. The lowest BCUT2D eigenvalue weighted by Gasteiger charge is -2.25. The second-order valence-electron chi connectivity index (χ2n) is 6.17. The van der Waals surface area contributed by atoms with Crippen molar-refractivity contribution in [3.63, 3.8) is 0 Å². The third-order valence-corrected chi connectivity index (χ3v) is 4.72. The summed E-state index contributed by atoms with van der Waals surface area (Å²) in [6, 6.07) is 8.28. The quantitative estimate of drug-likeness (QED) is 0.884. The maximum absolute atomic E-state index is 12.2. The molecule has 1 aliphatic heterocycles. The van der Waals surface area contributed by atoms with E-state index in [0.29, 0.717) is 0 Å². The van der Waals surface area contributed by atoms with E-state index < -0.39 is 0 Å². The van der Waals surface area contributed by atoms with Gasteiger partial charge in [0.15, 0.2) is 0 Å². The van der Waals surface area contributed by atoms with E-state index >= 15 is 0 Å². The zero-order valence-corrected chi connectivity index (χ0v) is 12.0. The van der Waals surface area contributed by atoms with Crippen LogP contribution in [0.5, 0.6) is 0 Å². The fourth-order valence-corrected chi connectivity index (χ4v) is 3.47. The first kappa shape index (κ1) is 13.5. The van der Waals surface area contributed by atoms with E-state index in [9.17, 15) is 4.79 Å². The molecule has 1 atom stereocenters. The molecule has 0 radical (unpaired) electrons. The van der Waals surface area contributed by atoms with Crippen LogP contribution in [0.4, 0.5) is 5.69 Å². The van der Waals surface area contributed by atoms with Crippen LogP contribution >= 0.6 is 0 Å². The normalized spacial score (nSPS) is 22.1. The number of carbonyl (C=O) groups excluding carboxylic acids is 1. The summed E-state index contributed by atoms with van der Waals surface area (Å²) in [6.45, 7) is 1.61. The first-order valence-corrected chi connectivity index (χ1v) is 7.92. The van der Waals surface area contributed by atoms with Crippen molar-refractivity contribution in [3.8, 4) is 0 Å². The molecule has 0 spiro atoms. The molecule has 1 aromatic carbocycles. The minimum atomic E-state index is 0.0773. The van der Waals surface area contributed by atoms with E-state index in [4.69, 9.17) is 0 Å². The molecule has 20 heavy (non-hydrogen) atoms. The maximum atomic E-state index is 12.2. The van der Waals surface area contributed by atoms with Crippen LogP contribution in [-0.4, -0.2) is 19.0 Å². The smallest absolute Gasteiger partial charge is 0.225 e. The second kappa shape index (κ2) is 6.29.